The molecule has 1 aliphatic rings. The number of hydrogen-bond donors (Lipinski definition) is 1. The van der Waals surface area contributed by atoms with Crippen molar-refractivity contribution in [2.24, 2.45) is 0 Å². The molecule has 2 aromatic rings. The molecule has 0 bridgehead atoms. The van der Waals surface area contributed by atoms with Gasteiger partial charge in [-0.15, -0.1) is 0 Å². The van der Waals surface area contributed by atoms with Crippen LogP contribution in [0.4, 0.5) is 10.5 Å². The molecule has 0 spiro atoms. The van der Waals surface area contributed by atoms with E-state index in [1.54, 1.807) is 4.90 Å². The van der Waals surface area contributed by atoms with Gasteiger partial charge in [-0.1, -0.05) is 30.3 Å². The highest BCUT2D eigenvalue weighted by Crippen LogP contribution is 2.27. The van der Waals surface area contributed by atoms with Crippen LogP contribution in [0, 0.1) is 13.8 Å². The smallest absolute Gasteiger partial charge is 0.410 e. The second-order valence-electron chi connectivity index (χ2n) is 6.29. The Morgan fingerprint density at radius 2 is 1.92 bits per heavy atom. The number of nitrogens with two attached hydrogens (primary N) is 1. The molecule has 0 radical (unpaired) electrons. The first-order valence-electron chi connectivity index (χ1n) is 8.33. The summed E-state index contributed by atoms with van der Waals surface area (Å²) in [5.74, 6) is 0. The third-order valence-corrected chi connectivity index (χ3v) is 4.65. The van der Waals surface area contributed by atoms with Crippen LogP contribution in [0.5, 0.6) is 0 Å². The van der Waals surface area contributed by atoms with Crippen LogP contribution in [0.25, 0.3) is 0 Å². The number of aryl methyl sites for hydroxylation is 1. The van der Waals surface area contributed by atoms with Gasteiger partial charge in [-0.3, -0.25) is 4.68 Å². The Morgan fingerprint density at radius 3 is 2.50 bits per heavy atom. The van der Waals surface area contributed by atoms with Crippen molar-refractivity contribution in [1.82, 2.24) is 14.7 Å². The summed E-state index contributed by atoms with van der Waals surface area (Å²) in [7, 11) is 0. The van der Waals surface area contributed by atoms with E-state index in [-0.39, 0.29) is 6.09 Å². The molecule has 2 heterocycles. The Morgan fingerprint density at radius 1 is 1.25 bits per heavy atom. The first kappa shape index (κ1) is 16.4. The van der Waals surface area contributed by atoms with Gasteiger partial charge in [0, 0.05) is 13.1 Å². The number of anilines is 1. The van der Waals surface area contributed by atoms with Gasteiger partial charge in [-0.2, -0.15) is 5.10 Å². The van der Waals surface area contributed by atoms with Gasteiger partial charge in [0.15, 0.2) is 0 Å². The molecule has 6 heteroatoms. The van der Waals surface area contributed by atoms with Crippen LogP contribution in [0.3, 0.4) is 0 Å². The standard InChI is InChI=1S/C18H24N4O2/c1-13-17(19)14(2)22(20-13)16-8-10-21(11-9-16)18(23)24-12-15-6-4-3-5-7-15/h3-7,16H,8-12,19H2,1-2H3. The maximum Gasteiger partial charge on any atom is 0.410 e. The summed E-state index contributed by atoms with van der Waals surface area (Å²) in [6.07, 6.45) is 1.48. The lowest BCUT2D eigenvalue weighted by molar-refractivity contribution is 0.0819. The van der Waals surface area contributed by atoms with E-state index in [4.69, 9.17) is 10.5 Å². The van der Waals surface area contributed by atoms with Crippen molar-refractivity contribution in [3.05, 3.63) is 47.3 Å². The topological polar surface area (TPSA) is 73.4 Å². The average Bonchev–Trinajstić information content (AvgIpc) is 2.88. The second kappa shape index (κ2) is 6.95. The Balaban J connectivity index is 1.53. The lowest BCUT2D eigenvalue weighted by Crippen LogP contribution is -2.39. The molecular formula is C18H24N4O2. The van der Waals surface area contributed by atoms with E-state index in [0.29, 0.717) is 25.7 Å². The quantitative estimate of drug-likeness (QED) is 0.940. The Labute approximate surface area is 142 Å². The number of rotatable bonds is 3. The van der Waals surface area contributed by atoms with Gasteiger partial charge in [-0.25, -0.2) is 4.79 Å². The minimum atomic E-state index is -0.245. The lowest BCUT2D eigenvalue weighted by atomic mass is 10.1. The molecule has 3 rings (SSSR count). The zero-order chi connectivity index (χ0) is 17.1. The molecule has 1 amide bonds. The normalized spacial score (nSPS) is 15.5. The first-order valence-corrected chi connectivity index (χ1v) is 8.33. The largest absolute Gasteiger partial charge is 0.445 e. The molecule has 0 atom stereocenters. The Hall–Kier alpha value is -2.50. The number of nitrogen functional groups attached to an aromatic ring is 1. The molecule has 1 aromatic heterocycles. The van der Waals surface area contributed by atoms with Crippen molar-refractivity contribution in [3.63, 3.8) is 0 Å². The maximum atomic E-state index is 12.2. The fraction of sp³-hybridized carbons (Fsp3) is 0.444. The minimum Gasteiger partial charge on any atom is -0.445 e. The van der Waals surface area contributed by atoms with E-state index >= 15 is 0 Å². The van der Waals surface area contributed by atoms with Gasteiger partial charge in [-0.05, 0) is 32.3 Å². The monoisotopic (exact) mass is 328 g/mol. The molecule has 0 aliphatic carbocycles. The SMILES string of the molecule is Cc1nn(C2CCN(C(=O)OCc3ccccc3)CC2)c(C)c1N. The van der Waals surface area contributed by atoms with Crippen LogP contribution in [-0.2, 0) is 11.3 Å². The zero-order valence-corrected chi connectivity index (χ0v) is 14.2. The average molecular weight is 328 g/mol. The van der Waals surface area contributed by atoms with Crippen LogP contribution >= 0.6 is 0 Å². The van der Waals surface area contributed by atoms with E-state index in [0.717, 1.165) is 35.5 Å². The van der Waals surface area contributed by atoms with Crippen molar-refractivity contribution >= 4 is 11.8 Å². The van der Waals surface area contributed by atoms with E-state index in [1.807, 2.05) is 48.9 Å². The predicted molar refractivity (Wildman–Crippen MR) is 92.6 cm³/mol. The Kier molecular flexibility index (Phi) is 4.74. The van der Waals surface area contributed by atoms with Gasteiger partial charge in [0.2, 0.25) is 0 Å². The maximum absolute atomic E-state index is 12.2. The second-order valence-corrected chi connectivity index (χ2v) is 6.29. The van der Waals surface area contributed by atoms with E-state index in [9.17, 15) is 4.79 Å². The molecule has 1 aliphatic heterocycles. The molecular weight excluding hydrogens is 304 g/mol. The highest BCUT2D eigenvalue weighted by Gasteiger charge is 2.26. The van der Waals surface area contributed by atoms with Crippen molar-refractivity contribution in [2.75, 3.05) is 18.8 Å². The van der Waals surface area contributed by atoms with Crippen molar-refractivity contribution in [2.45, 2.75) is 39.3 Å². The van der Waals surface area contributed by atoms with Crippen LogP contribution in [0.15, 0.2) is 30.3 Å². The zero-order valence-electron chi connectivity index (χ0n) is 14.2. The Bertz CT molecular complexity index is 703. The van der Waals surface area contributed by atoms with Gasteiger partial charge in [0.25, 0.3) is 0 Å². The summed E-state index contributed by atoms with van der Waals surface area (Å²) in [4.78, 5) is 14.0. The van der Waals surface area contributed by atoms with Crippen molar-refractivity contribution in [3.8, 4) is 0 Å². The molecule has 6 nitrogen and oxygen atoms in total. The van der Waals surface area contributed by atoms with Gasteiger partial charge < -0.3 is 15.4 Å². The minimum absolute atomic E-state index is 0.245. The number of likely N-dealkylation sites (tertiary alicyclic amines) is 1. The third kappa shape index (κ3) is 3.37. The van der Waals surface area contributed by atoms with Crippen LogP contribution in [0.1, 0.15) is 35.8 Å². The summed E-state index contributed by atoms with van der Waals surface area (Å²) in [6, 6.07) is 10.0. The number of carbonyl (C=O) groups is 1. The molecule has 2 N–H and O–H groups in total. The fourth-order valence-electron chi connectivity index (χ4n) is 3.13. The molecule has 1 saturated heterocycles. The number of aromatic nitrogens is 2. The van der Waals surface area contributed by atoms with Crippen LogP contribution < -0.4 is 5.73 Å². The van der Waals surface area contributed by atoms with Gasteiger partial charge >= 0.3 is 6.09 Å². The number of piperidine rings is 1. The molecule has 1 fully saturated rings. The lowest BCUT2D eigenvalue weighted by Gasteiger charge is -2.32. The third-order valence-electron chi connectivity index (χ3n) is 4.65. The number of carbonyl (C=O) groups excluding carboxylic acids is 1. The van der Waals surface area contributed by atoms with Crippen molar-refractivity contribution < 1.29 is 9.53 Å². The molecule has 0 saturated carbocycles. The number of benzene rings is 1. The predicted octanol–water partition coefficient (Wildman–Crippen LogP) is 3.06. The number of ether oxygens (including phenoxy) is 1. The number of amides is 1. The molecule has 0 unspecified atom stereocenters. The van der Waals surface area contributed by atoms with Crippen LogP contribution in [0.2, 0.25) is 0 Å². The summed E-state index contributed by atoms with van der Waals surface area (Å²) in [6.45, 7) is 5.59. The van der Waals surface area contributed by atoms with E-state index < -0.39 is 0 Å². The molecule has 128 valence electrons. The van der Waals surface area contributed by atoms with Gasteiger partial charge in [0.1, 0.15) is 6.61 Å². The fourth-order valence-corrected chi connectivity index (χ4v) is 3.13. The summed E-state index contributed by atoms with van der Waals surface area (Å²) < 4.78 is 7.41. The number of hydrogen-bond acceptors (Lipinski definition) is 4. The molecule has 24 heavy (non-hydrogen) atoms. The van der Waals surface area contributed by atoms with Crippen molar-refractivity contribution in [1.29, 1.82) is 0 Å². The summed E-state index contributed by atoms with van der Waals surface area (Å²) >= 11 is 0. The van der Waals surface area contributed by atoms with E-state index in [1.165, 1.54) is 0 Å². The molecule has 1 aromatic carbocycles. The highest BCUT2D eigenvalue weighted by molar-refractivity contribution is 5.67. The summed E-state index contributed by atoms with van der Waals surface area (Å²) in [5.41, 5.74) is 9.66. The first-order chi connectivity index (χ1) is 11.6. The van der Waals surface area contributed by atoms with E-state index in [2.05, 4.69) is 5.10 Å². The van der Waals surface area contributed by atoms with Gasteiger partial charge in [0.05, 0.1) is 23.1 Å². The number of nitrogens with zero attached hydrogens (tertiary/aromatic N) is 3. The highest BCUT2D eigenvalue weighted by atomic mass is 16.6. The summed E-state index contributed by atoms with van der Waals surface area (Å²) in [5, 5.41) is 4.54. The van der Waals surface area contributed by atoms with Crippen LogP contribution in [-0.4, -0.2) is 33.9 Å².